The molecule has 1 fully saturated rings. The highest BCUT2D eigenvalue weighted by Gasteiger charge is 2.24. The van der Waals surface area contributed by atoms with E-state index >= 15 is 0 Å². The lowest BCUT2D eigenvalue weighted by Crippen LogP contribution is -2.38. The fraction of sp³-hybridized carbons (Fsp3) is 0.342. The van der Waals surface area contributed by atoms with Crippen molar-refractivity contribution in [2.75, 3.05) is 24.6 Å². The molecule has 1 aliphatic rings. The molecule has 1 aliphatic heterocycles. The number of benzene rings is 3. The first-order valence-corrected chi connectivity index (χ1v) is 16.3. The zero-order valence-corrected chi connectivity index (χ0v) is 27.9. The highest BCUT2D eigenvalue weighted by molar-refractivity contribution is 5.82. The van der Waals surface area contributed by atoms with Gasteiger partial charge in [-0.1, -0.05) is 60.7 Å². The predicted octanol–water partition coefficient (Wildman–Crippen LogP) is 6.21. The van der Waals surface area contributed by atoms with Crippen molar-refractivity contribution in [1.29, 1.82) is 0 Å². The third-order valence-electron chi connectivity index (χ3n) is 8.21. The summed E-state index contributed by atoms with van der Waals surface area (Å²) in [7, 11) is 1.77. The van der Waals surface area contributed by atoms with E-state index in [0.29, 0.717) is 24.1 Å². The summed E-state index contributed by atoms with van der Waals surface area (Å²) in [4.78, 5) is 32.9. The van der Waals surface area contributed by atoms with Gasteiger partial charge in [-0.3, -0.25) is 9.13 Å². The fourth-order valence-corrected chi connectivity index (χ4v) is 5.82. The molecule has 0 amide bonds. The Hall–Kier alpha value is -5.09. The molecule has 0 aliphatic carbocycles. The van der Waals surface area contributed by atoms with Crippen LogP contribution in [0.5, 0.6) is 11.8 Å². The molecule has 3 aromatic carbocycles. The maximum Gasteiger partial charge on any atom is 0.333 e. The first-order valence-electron chi connectivity index (χ1n) is 16.3. The predicted molar refractivity (Wildman–Crippen MR) is 185 cm³/mol. The molecule has 10 nitrogen and oxygen atoms in total. The molecule has 6 rings (SSSR count). The summed E-state index contributed by atoms with van der Waals surface area (Å²) >= 11 is 0. The molecule has 1 saturated heterocycles. The first-order chi connectivity index (χ1) is 23.1. The van der Waals surface area contributed by atoms with Crippen molar-refractivity contribution >= 4 is 22.7 Å². The fourth-order valence-electron chi connectivity index (χ4n) is 5.82. The third kappa shape index (κ3) is 7.88. The standard InChI is InChI=1S/C38H42N4O6/c1-38(2,3)48-35(43)26-45-30-19-21-41(22-20-30)29-15-16-31-33(23-29)40(4)37(44)42(31)32-17-18-34(46-24-27-11-7-5-8-12-27)39-36(32)47-25-28-13-9-6-10-14-28/h5-18,23,30H,19-22,24-26H2,1-4H3. The number of ether oxygens (including phenoxy) is 4. The lowest BCUT2D eigenvalue weighted by atomic mass is 10.1. The van der Waals surface area contributed by atoms with E-state index in [1.807, 2.05) is 106 Å². The maximum absolute atomic E-state index is 13.8. The summed E-state index contributed by atoms with van der Waals surface area (Å²) in [6.45, 7) is 7.67. The lowest BCUT2D eigenvalue weighted by Gasteiger charge is -2.33. The number of imidazole rings is 1. The van der Waals surface area contributed by atoms with E-state index in [4.69, 9.17) is 23.9 Å². The summed E-state index contributed by atoms with van der Waals surface area (Å²) in [6.07, 6.45) is 1.56. The number of pyridine rings is 1. The normalized spacial score (nSPS) is 13.9. The van der Waals surface area contributed by atoms with Crippen LogP contribution >= 0.6 is 0 Å². The number of aromatic nitrogens is 3. The van der Waals surface area contributed by atoms with Crippen LogP contribution in [0, 0.1) is 0 Å². The van der Waals surface area contributed by atoms with Gasteiger partial charge in [-0.05, 0) is 69.0 Å². The van der Waals surface area contributed by atoms with Crippen LogP contribution in [0.4, 0.5) is 5.69 Å². The molecule has 0 bridgehead atoms. The number of nitrogens with zero attached hydrogens (tertiary/aromatic N) is 4. The molecule has 10 heteroatoms. The van der Waals surface area contributed by atoms with E-state index in [1.54, 1.807) is 22.2 Å². The molecule has 3 heterocycles. The second kappa shape index (κ2) is 14.4. The Morgan fingerprint density at radius 2 is 1.48 bits per heavy atom. The smallest absolute Gasteiger partial charge is 0.333 e. The Morgan fingerprint density at radius 3 is 2.12 bits per heavy atom. The molecule has 0 N–H and O–H groups in total. The second-order valence-corrected chi connectivity index (χ2v) is 13.0. The van der Waals surface area contributed by atoms with Crippen molar-refractivity contribution in [3.05, 3.63) is 113 Å². The van der Waals surface area contributed by atoms with Crippen LogP contribution < -0.4 is 20.1 Å². The molecule has 0 radical (unpaired) electrons. The number of anilines is 1. The zero-order valence-electron chi connectivity index (χ0n) is 27.9. The van der Waals surface area contributed by atoms with Crippen molar-refractivity contribution in [3.8, 4) is 17.4 Å². The second-order valence-electron chi connectivity index (χ2n) is 13.0. The Labute approximate surface area is 280 Å². The van der Waals surface area contributed by atoms with E-state index < -0.39 is 5.60 Å². The summed E-state index contributed by atoms with van der Waals surface area (Å²) in [6, 6.07) is 29.4. The van der Waals surface area contributed by atoms with Crippen molar-refractivity contribution in [2.45, 2.75) is 58.5 Å². The largest absolute Gasteiger partial charge is 0.473 e. The van der Waals surface area contributed by atoms with Crippen LogP contribution in [0.15, 0.2) is 95.8 Å². The van der Waals surface area contributed by atoms with Gasteiger partial charge in [0.1, 0.15) is 31.1 Å². The quantitative estimate of drug-likeness (QED) is 0.156. The van der Waals surface area contributed by atoms with Crippen LogP contribution in [0.25, 0.3) is 16.7 Å². The van der Waals surface area contributed by atoms with E-state index in [9.17, 15) is 9.59 Å². The molecule has 0 atom stereocenters. The number of fused-ring (bicyclic) bond motifs is 1. The van der Waals surface area contributed by atoms with Crippen LogP contribution in [0.3, 0.4) is 0 Å². The van der Waals surface area contributed by atoms with Crippen molar-refractivity contribution in [3.63, 3.8) is 0 Å². The highest BCUT2D eigenvalue weighted by atomic mass is 16.6. The van der Waals surface area contributed by atoms with Crippen LogP contribution in [0.1, 0.15) is 44.7 Å². The first kappa shape index (κ1) is 32.8. The van der Waals surface area contributed by atoms with Gasteiger partial charge in [0.05, 0.1) is 17.1 Å². The highest BCUT2D eigenvalue weighted by Crippen LogP contribution is 2.30. The molecular weight excluding hydrogens is 608 g/mol. The van der Waals surface area contributed by atoms with Crippen LogP contribution in [0.2, 0.25) is 0 Å². The summed E-state index contributed by atoms with van der Waals surface area (Å²) in [5.41, 5.74) is 4.35. The van der Waals surface area contributed by atoms with Gasteiger partial charge in [0.15, 0.2) is 0 Å². The maximum atomic E-state index is 13.8. The molecule has 2 aromatic heterocycles. The average molecular weight is 651 g/mol. The zero-order chi connectivity index (χ0) is 33.7. The van der Waals surface area contributed by atoms with Crippen molar-refractivity contribution < 1.29 is 23.7 Å². The minimum absolute atomic E-state index is 0.00982. The molecule has 0 spiro atoms. The van der Waals surface area contributed by atoms with E-state index in [0.717, 1.165) is 53.8 Å². The Kier molecular flexibility index (Phi) is 9.82. The lowest BCUT2D eigenvalue weighted by molar-refractivity contribution is -0.162. The van der Waals surface area contributed by atoms with E-state index in [1.165, 1.54) is 0 Å². The molecule has 0 unspecified atom stereocenters. The molecular formula is C38H42N4O6. The average Bonchev–Trinajstić information content (AvgIpc) is 3.34. The van der Waals surface area contributed by atoms with Gasteiger partial charge in [0.2, 0.25) is 11.8 Å². The number of hydrogen-bond donors (Lipinski definition) is 0. The van der Waals surface area contributed by atoms with Gasteiger partial charge in [-0.15, -0.1) is 0 Å². The van der Waals surface area contributed by atoms with Gasteiger partial charge in [0.25, 0.3) is 0 Å². The minimum atomic E-state index is -0.533. The summed E-state index contributed by atoms with van der Waals surface area (Å²) < 4.78 is 26.8. The number of esters is 1. The Bertz CT molecular complexity index is 1910. The van der Waals surface area contributed by atoms with Crippen molar-refractivity contribution in [1.82, 2.24) is 14.1 Å². The van der Waals surface area contributed by atoms with Crippen molar-refractivity contribution in [2.24, 2.45) is 7.05 Å². The van der Waals surface area contributed by atoms with E-state index in [-0.39, 0.29) is 31.0 Å². The SMILES string of the molecule is Cn1c(=O)n(-c2ccc(OCc3ccccc3)nc2OCc2ccccc2)c2ccc(N3CCC(OCC(=O)OC(C)(C)C)CC3)cc21. The number of carbonyl (C=O) groups excluding carboxylic acids is 1. The van der Waals surface area contributed by atoms with E-state index in [2.05, 4.69) is 4.90 Å². The number of aryl methyl sites for hydroxylation is 1. The molecule has 48 heavy (non-hydrogen) atoms. The number of hydrogen-bond acceptors (Lipinski definition) is 8. The Morgan fingerprint density at radius 1 is 0.833 bits per heavy atom. The number of piperidine rings is 1. The molecule has 250 valence electrons. The monoisotopic (exact) mass is 650 g/mol. The van der Waals surface area contributed by atoms with Gasteiger partial charge >= 0.3 is 11.7 Å². The van der Waals surface area contributed by atoms with Crippen LogP contribution in [-0.4, -0.2) is 51.5 Å². The molecule has 5 aromatic rings. The number of rotatable bonds is 11. The van der Waals surface area contributed by atoms with Crippen LogP contribution in [-0.2, 0) is 34.5 Å². The Balaban J connectivity index is 1.22. The van der Waals surface area contributed by atoms with Gasteiger partial charge in [0, 0.05) is 31.9 Å². The minimum Gasteiger partial charge on any atom is -0.473 e. The number of carbonyl (C=O) groups is 1. The third-order valence-corrected chi connectivity index (χ3v) is 8.21. The topological polar surface area (TPSA) is 97.0 Å². The van der Waals surface area contributed by atoms with Gasteiger partial charge < -0.3 is 23.8 Å². The summed E-state index contributed by atoms with van der Waals surface area (Å²) in [5.74, 6) is 0.357. The summed E-state index contributed by atoms with van der Waals surface area (Å²) in [5, 5.41) is 0. The van der Waals surface area contributed by atoms with Gasteiger partial charge in [-0.2, -0.15) is 4.98 Å². The van der Waals surface area contributed by atoms with Gasteiger partial charge in [-0.25, -0.2) is 9.59 Å². The molecule has 0 saturated carbocycles.